The minimum atomic E-state index is -3.88. The minimum absolute atomic E-state index is 0.118. The molecule has 0 atom stereocenters. The molecular weight excluding hydrogens is 379 g/mol. The molecular formula is C17H15FN2O4S2. The normalized spacial score (nSPS) is 12.5. The van der Waals surface area contributed by atoms with Gasteiger partial charge in [0.05, 0.1) is 22.2 Å². The molecule has 1 aromatic heterocycles. The zero-order chi connectivity index (χ0) is 18.9. The maximum atomic E-state index is 12.9. The van der Waals surface area contributed by atoms with Crippen LogP contribution in [0.1, 0.15) is 0 Å². The van der Waals surface area contributed by atoms with E-state index in [2.05, 4.69) is 4.99 Å². The number of carbonyl (C=O) groups excluding carboxylic acids is 1. The van der Waals surface area contributed by atoms with E-state index in [1.807, 2.05) is 12.1 Å². The number of aromatic nitrogens is 1. The van der Waals surface area contributed by atoms with Crippen molar-refractivity contribution >= 4 is 37.3 Å². The minimum Gasteiger partial charge on any atom is -0.497 e. The zero-order valence-corrected chi connectivity index (χ0v) is 15.6. The largest absolute Gasteiger partial charge is 0.497 e. The molecule has 0 bridgehead atoms. The number of thiazole rings is 1. The number of halogens is 1. The lowest BCUT2D eigenvalue weighted by Crippen LogP contribution is -2.19. The van der Waals surface area contributed by atoms with Gasteiger partial charge in [0.1, 0.15) is 17.3 Å². The highest BCUT2D eigenvalue weighted by molar-refractivity contribution is 7.92. The lowest BCUT2D eigenvalue weighted by Gasteiger charge is -2.01. The fraction of sp³-hybridized carbons (Fsp3) is 0.176. The molecule has 2 aromatic carbocycles. The summed E-state index contributed by atoms with van der Waals surface area (Å²) in [4.78, 5) is 16.4. The van der Waals surface area contributed by atoms with Crippen molar-refractivity contribution in [2.45, 2.75) is 4.90 Å². The van der Waals surface area contributed by atoms with Crippen LogP contribution in [-0.4, -0.2) is 31.8 Å². The van der Waals surface area contributed by atoms with Crippen molar-refractivity contribution in [1.82, 2.24) is 4.57 Å². The number of ether oxygens (including phenoxy) is 1. The van der Waals surface area contributed by atoms with E-state index in [1.54, 1.807) is 24.8 Å². The molecule has 0 radical (unpaired) electrons. The summed E-state index contributed by atoms with van der Waals surface area (Å²) in [5.74, 6) is -1.44. The van der Waals surface area contributed by atoms with Gasteiger partial charge in [-0.25, -0.2) is 12.8 Å². The molecule has 0 spiro atoms. The lowest BCUT2D eigenvalue weighted by molar-refractivity contribution is -0.115. The van der Waals surface area contributed by atoms with E-state index in [0.717, 1.165) is 34.5 Å². The summed E-state index contributed by atoms with van der Waals surface area (Å²) in [6.07, 6.45) is 0. The van der Waals surface area contributed by atoms with Gasteiger partial charge in [0.2, 0.25) is 0 Å². The van der Waals surface area contributed by atoms with Gasteiger partial charge in [-0.05, 0) is 42.5 Å². The number of hydrogen-bond acceptors (Lipinski definition) is 5. The SMILES string of the molecule is COc1ccc2c(c1)sc(=NC(=O)CS(=O)(=O)c1ccc(F)cc1)n2C. The predicted molar refractivity (Wildman–Crippen MR) is 96.4 cm³/mol. The molecule has 0 aliphatic carbocycles. The van der Waals surface area contributed by atoms with Gasteiger partial charge in [-0.1, -0.05) is 11.3 Å². The standard InChI is InChI=1S/C17H15FN2O4S2/c1-20-14-8-5-12(24-2)9-15(14)25-17(20)19-16(21)10-26(22,23)13-6-3-11(18)4-7-13/h3-9H,10H2,1-2H3. The summed E-state index contributed by atoms with van der Waals surface area (Å²) in [6.45, 7) is 0. The second-order valence-electron chi connectivity index (χ2n) is 5.50. The summed E-state index contributed by atoms with van der Waals surface area (Å²) in [5, 5.41) is 0. The first kappa shape index (κ1) is 18.3. The van der Waals surface area contributed by atoms with Crippen molar-refractivity contribution in [2.24, 2.45) is 12.0 Å². The Morgan fingerprint density at radius 1 is 1.23 bits per heavy atom. The molecule has 26 heavy (non-hydrogen) atoms. The van der Waals surface area contributed by atoms with Crippen LogP contribution in [0.5, 0.6) is 5.75 Å². The highest BCUT2D eigenvalue weighted by atomic mass is 32.2. The average Bonchev–Trinajstić information content (AvgIpc) is 2.89. The smallest absolute Gasteiger partial charge is 0.263 e. The van der Waals surface area contributed by atoms with E-state index < -0.39 is 27.3 Å². The Bertz CT molecular complexity index is 1150. The van der Waals surface area contributed by atoms with Crippen LogP contribution in [0.15, 0.2) is 52.4 Å². The summed E-state index contributed by atoms with van der Waals surface area (Å²) in [6, 6.07) is 9.77. The molecule has 9 heteroatoms. The molecule has 0 saturated heterocycles. The molecule has 0 aliphatic heterocycles. The van der Waals surface area contributed by atoms with Crippen LogP contribution in [0, 0.1) is 5.82 Å². The van der Waals surface area contributed by atoms with Crippen LogP contribution >= 0.6 is 11.3 Å². The molecule has 1 amide bonds. The molecule has 1 heterocycles. The van der Waals surface area contributed by atoms with E-state index in [9.17, 15) is 17.6 Å². The number of nitrogens with zero attached hydrogens (tertiary/aromatic N) is 2. The molecule has 0 N–H and O–H groups in total. The third-order valence-corrected chi connectivity index (χ3v) is 6.44. The number of aryl methyl sites for hydroxylation is 1. The topological polar surface area (TPSA) is 77.7 Å². The summed E-state index contributed by atoms with van der Waals surface area (Å²) >= 11 is 1.26. The number of amides is 1. The molecule has 0 saturated carbocycles. The van der Waals surface area contributed by atoms with E-state index in [-0.39, 0.29) is 4.90 Å². The van der Waals surface area contributed by atoms with Gasteiger partial charge in [-0.15, -0.1) is 0 Å². The monoisotopic (exact) mass is 394 g/mol. The van der Waals surface area contributed by atoms with Crippen molar-refractivity contribution in [1.29, 1.82) is 0 Å². The first-order chi connectivity index (χ1) is 12.3. The van der Waals surface area contributed by atoms with Crippen molar-refractivity contribution in [3.8, 4) is 5.75 Å². The molecule has 0 unspecified atom stereocenters. The van der Waals surface area contributed by atoms with Crippen LogP contribution in [0.4, 0.5) is 4.39 Å². The van der Waals surface area contributed by atoms with Crippen molar-refractivity contribution in [3.05, 3.63) is 53.1 Å². The van der Waals surface area contributed by atoms with Gasteiger partial charge in [-0.3, -0.25) is 4.79 Å². The molecule has 0 aliphatic rings. The third-order valence-electron chi connectivity index (χ3n) is 3.72. The van der Waals surface area contributed by atoms with Gasteiger partial charge in [0.15, 0.2) is 14.6 Å². The maximum absolute atomic E-state index is 12.9. The Balaban J connectivity index is 1.92. The van der Waals surface area contributed by atoms with Gasteiger partial charge >= 0.3 is 0 Å². The highest BCUT2D eigenvalue weighted by Crippen LogP contribution is 2.22. The Morgan fingerprint density at radius 3 is 2.58 bits per heavy atom. The summed E-state index contributed by atoms with van der Waals surface area (Å²) in [7, 11) is -0.583. The van der Waals surface area contributed by atoms with E-state index in [4.69, 9.17) is 4.74 Å². The third kappa shape index (κ3) is 3.68. The van der Waals surface area contributed by atoms with Crippen LogP contribution in [0.3, 0.4) is 0 Å². The van der Waals surface area contributed by atoms with Gasteiger partial charge in [0.25, 0.3) is 5.91 Å². The number of benzene rings is 2. The predicted octanol–water partition coefficient (Wildman–Crippen LogP) is 2.29. The quantitative estimate of drug-likeness (QED) is 0.636. The van der Waals surface area contributed by atoms with E-state index >= 15 is 0 Å². The second kappa shape index (κ2) is 7.00. The van der Waals surface area contributed by atoms with Crippen LogP contribution in [0.25, 0.3) is 10.2 Å². The van der Waals surface area contributed by atoms with Gasteiger partial charge < -0.3 is 9.30 Å². The Hall–Kier alpha value is -2.52. The average molecular weight is 394 g/mol. The number of fused-ring (bicyclic) bond motifs is 1. The first-order valence-corrected chi connectivity index (χ1v) is 9.96. The Labute approximate surface area is 153 Å². The molecule has 136 valence electrons. The fourth-order valence-corrected chi connectivity index (χ4v) is 4.55. The Morgan fingerprint density at radius 2 is 1.92 bits per heavy atom. The number of methoxy groups -OCH3 is 1. The Kier molecular flexibility index (Phi) is 4.92. The van der Waals surface area contributed by atoms with E-state index in [0.29, 0.717) is 10.6 Å². The second-order valence-corrected chi connectivity index (χ2v) is 8.49. The number of hydrogen-bond donors (Lipinski definition) is 0. The number of rotatable bonds is 4. The molecule has 0 fully saturated rings. The summed E-state index contributed by atoms with van der Waals surface area (Å²) < 4.78 is 45.2. The molecule has 3 rings (SSSR count). The van der Waals surface area contributed by atoms with Crippen molar-refractivity contribution in [2.75, 3.05) is 12.9 Å². The number of sulfone groups is 1. The molecule has 3 aromatic rings. The molecule has 6 nitrogen and oxygen atoms in total. The zero-order valence-electron chi connectivity index (χ0n) is 14.0. The maximum Gasteiger partial charge on any atom is 0.263 e. The van der Waals surface area contributed by atoms with Crippen molar-refractivity contribution in [3.63, 3.8) is 0 Å². The lowest BCUT2D eigenvalue weighted by atomic mass is 10.3. The fourth-order valence-electron chi connectivity index (χ4n) is 2.37. The van der Waals surface area contributed by atoms with Crippen LogP contribution in [0.2, 0.25) is 0 Å². The first-order valence-electron chi connectivity index (χ1n) is 7.49. The van der Waals surface area contributed by atoms with Gasteiger partial charge in [0, 0.05) is 7.05 Å². The highest BCUT2D eigenvalue weighted by Gasteiger charge is 2.19. The van der Waals surface area contributed by atoms with Crippen LogP contribution < -0.4 is 9.54 Å². The van der Waals surface area contributed by atoms with Crippen LogP contribution in [-0.2, 0) is 21.7 Å². The van der Waals surface area contributed by atoms with Gasteiger partial charge in [-0.2, -0.15) is 4.99 Å². The number of carbonyl (C=O) groups is 1. The summed E-state index contributed by atoms with van der Waals surface area (Å²) in [5.41, 5.74) is 0.851. The van der Waals surface area contributed by atoms with E-state index in [1.165, 1.54) is 11.3 Å². The van der Waals surface area contributed by atoms with Crippen molar-refractivity contribution < 1.29 is 22.3 Å².